The first kappa shape index (κ1) is 25.3. The Morgan fingerprint density at radius 1 is 1.08 bits per heavy atom. The lowest BCUT2D eigenvalue weighted by atomic mass is 10.1. The number of nitrogens with zero attached hydrogens (tertiary/aromatic N) is 6. The first-order chi connectivity index (χ1) is 18.1. The van der Waals surface area contributed by atoms with Gasteiger partial charge in [0.2, 0.25) is 0 Å². The largest absolute Gasteiger partial charge is 0.492 e. The van der Waals surface area contributed by atoms with Crippen LogP contribution in [0, 0.1) is 6.92 Å². The number of aromatic nitrogens is 6. The van der Waals surface area contributed by atoms with Gasteiger partial charge < -0.3 is 25.7 Å². The van der Waals surface area contributed by atoms with Gasteiger partial charge in [0, 0.05) is 24.0 Å². The molecule has 0 bridgehead atoms. The van der Waals surface area contributed by atoms with Crippen molar-refractivity contribution in [2.75, 3.05) is 31.1 Å². The smallest absolute Gasteiger partial charge is 0.271 e. The number of pyridine rings is 2. The Kier molecular flexibility index (Phi) is 6.58. The van der Waals surface area contributed by atoms with Crippen LogP contribution in [-0.4, -0.2) is 56.3 Å². The zero-order chi connectivity index (χ0) is 27.0. The summed E-state index contributed by atoms with van der Waals surface area (Å²) in [4.78, 5) is 20.8. The number of aryl methyl sites for hydroxylation is 1. The van der Waals surface area contributed by atoms with Crippen molar-refractivity contribution in [2.24, 2.45) is 5.73 Å². The number of rotatable bonds is 9. The molecular formula is C25H28N9O3P. The van der Waals surface area contributed by atoms with Crippen LogP contribution in [0.3, 0.4) is 0 Å². The van der Waals surface area contributed by atoms with E-state index in [-0.39, 0.29) is 17.4 Å². The van der Waals surface area contributed by atoms with Gasteiger partial charge in [0.05, 0.1) is 30.0 Å². The van der Waals surface area contributed by atoms with E-state index in [9.17, 15) is 9.36 Å². The summed E-state index contributed by atoms with van der Waals surface area (Å²) in [6, 6.07) is 9.20. The van der Waals surface area contributed by atoms with E-state index in [1.165, 1.54) is 7.11 Å². The minimum Gasteiger partial charge on any atom is -0.492 e. The first-order valence-corrected chi connectivity index (χ1v) is 14.6. The number of nitrogens with two attached hydrogens (primary N) is 1. The van der Waals surface area contributed by atoms with Gasteiger partial charge in [-0.2, -0.15) is 5.10 Å². The molecule has 196 valence electrons. The summed E-state index contributed by atoms with van der Waals surface area (Å²) in [6.07, 6.45) is 5.29. The normalized spacial score (nSPS) is 13.3. The molecule has 0 unspecified atom stereocenters. The standard InChI is InChI=1S/C25H28N9O3P/c1-14-7-9-27-19(11-14)30-20-12-18(22(24(26)35)32-31-20)29-25-23(37-2)16(8-10-28-25)17-13-21(38(3,4)36)34(33-17)15-5-6-15/h7-13,15H,5-6H2,1-4H3,(H2,26,35)(H2,27,28,29,30,31). The van der Waals surface area contributed by atoms with Crippen LogP contribution in [0.5, 0.6) is 5.75 Å². The van der Waals surface area contributed by atoms with E-state index in [4.69, 9.17) is 15.6 Å². The maximum atomic E-state index is 13.0. The maximum absolute atomic E-state index is 13.0. The van der Waals surface area contributed by atoms with Crippen LogP contribution in [0.15, 0.2) is 42.7 Å². The monoisotopic (exact) mass is 533 g/mol. The average Bonchev–Trinajstić information content (AvgIpc) is 3.60. The average molecular weight is 534 g/mol. The molecule has 13 heteroatoms. The molecule has 1 aliphatic rings. The second kappa shape index (κ2) is 9.86. The summed E-state index contributed by atoms with van der Waals surface area (Å²) in [5.74, 6) is 0.869. The Labute approximate surface area is 219 Å². The number of ether oxygens (including phenoxy) is 1. The molecule has 5 rings (SSSR count). The quantitative estimate of drug-likeness (QED) is 0.271. The highest BCUT2D eigenvalue weighted by Gasteiger charge is 2.32. The fourth-order valence-electron chi connectivity index (χ4n) is 4.05. The van der Waals surface area contributed by atoms with Crippen molar-refractivity contribution in [1.29, 1.82) is 0 Å². The third-order valence-electron chi connectivity index (χ3n) is 6.00. The van der Waals surface area contributed by atoms with Crippen LogP contribution in [0.4, 0.5) is 23.1 Å². The zero-order valence-corrected chi connectivity index (χ0v) is 22.4. The van der Waals surface area contributed by atoms with Gasteiger partial charge in [-0.25, -0.2) is 9.97 Å². The van der Waals surface area contributed by atoms with Gasteiger partial charge in [0.1, 0.15) is 13.0 Å². The molecule has 4 aromatic rings. The predicted molar refractivity (Wildman–Crippen MR) is 145 cm³/mol. The van der Waals surface area contributed by atoms with Gasteiger partial charge in [0.25, 0.3) is 5.91 Å². The summed E-state index contributed by atoms with van der Waals surface area (Å²) in [6.45, 7) is 5.43. The number of methoxy groups -OCH3 is 1. The van der Waals surface area contributed by atoms with Gasteiger partial charge >= 0.3 is 0 Å². The highest BCUT2D eigenvalue weighted by Crippen LogP contribution is 2.43. The molecule has 0 saturated heterocycles. The number of hydrogen-bond acceptors (Lipinski definition) is 10. The van der Waals surface area contributed by atoms with Crippen molar-refractivity contribution in [3.8, 4) is 17.0 Å². The zero-order valence-electron chi connectivity index (χ0n) is 21.5. The van der Waals surface area contributed by atoms with E-state index in [2.05, 4.69) is 30.8 Å². The maximum Gasteiger partial charge on any atom is 0.271 e. The third kappa shape index (κ3) is 5.21. The second-order valence-electron chi connectivity index (χ2n) is 9.48. The molecule has 0 radical (unpaired) electrons. The van der Waals surface area contributed by atoms with E-state index in [1.54, 1.807) is 37.9 Å². The van der Waals surface area contributed by atoms with E-state index in [0.29, 0.717) is 34.5 Å². The molecule has 1 aliphatic carbocycles. The van der Waals surface area contributed by atoms with Crippen LogP contribution in [0.1, 0.15) is 34.9 Å². The molecule has 1 fully saturated rings. The first-order valence-electron chi connectivity index (χ1n) is 12.0. The summed E-state index contributed by atoms with van der Waals surface area (Å²) in [5, 5.41) is 19.0. The van der Waals surface area contributed by atoms with Crippen molar-refractivity contribution >= 4 is 41.6 Å². The van der Waals surface area contributed by atoms with Gasteiger partial charge in [-0.3, -0.25) is 9.48 Å². The lowest BCUT2D eigenvalue weighted by molar-refractivity contribution is 0.0995. The Bertz CT molecular complexity index is 1580. The molecule has 4 N–H and O–H groups in total. The van der Waals surface area contributed by atoms with Crippen LogP contribution in [-0.2, 0) is 4.57 Å². The molecule has 4 aromatic heterocycles. The number of carbonyl (C=O) groups excluding carboxylic acids is 1. The molecular weight excluding hydrogens is 505 g/mol. The fraction of sp³-hybridized carbons (Fsp3) is 0.280. The van der Waals surface area contributed by atoms with Crippen LogP contribution < -0.4 is 26.5 Å². The molecule has 4 heterocycles. The lowest BCUT2D eigenvalue weighted by Gasteiger charge is -2.15. The van der Waals surface area contributed by atoms with E-state index >= 15 is 0 Å². The van der Waals surface area contributed by atoms with Crippen molar-refractivity contribution < 1.29 is 14.1 Å². The molecule has 38 heavy (non-hydrogen) atoms. The van der Waals surface area contributed by atoms with Gasteiger partial charge in [-0.05, 0) is 62.9 Å². The number of primary amides is 1. The number of hydrogen-bond donors (Lipinski definition) is 3. The molecule has 1 saturated carbocycles. The number of nitrogens with one attached hydrogen (secondary N) is 2. The highest BCUT2D eigenvalue weighted by atomic mass is 31.2. The number of amides is 1. The Balaban J connectivity index is 1.53. The number of carbonyl (C=O) groups is 1. The third-order valence-corrected chi connectivity index (χ3v) is 7.43. The van der Waals surface area contributed by atoms with Crippen molar-refractivity contribution in [3.05, 3.63) is 54.0 Å². The summed E-state index contributed by atoms with van der Waals surface area (Å²) < 4.78 is 20.6. The van der Waals surface area contributed by atoms with Crippen molar-refractivity contribution in [1.82, 2.24) is 29.9 Å². The van der Waals surface area contributed by atoms with Crippen LogP contribution >= 0.6 is 7.14 Å². The SMILES string of the molecule is COc1c(-c2cc(P(C)(C)=O)n(C3CC3)n2)ccnc1Nc1cc(Nc2cc(C)ccn2)nnc1C(N)=O. The summed E-state index contributed by atoms with van der Waals surface area (Å²) in [7, 11) is -1.05. The molecule has 1 amide bonds. The Morgan fingerprint density at radius 2 is 1.84 bits per heavy atom. The lowest BCUT2D eigenvalue weighted by Crippen LogP contribution is -2.17. The van der Waals surface area contributed by atoms with Gasteiger partial charge in [0.15, 0.2) is 23.1 Å². The minimum atomic E-state index is -2.57. The van der Waals surface area contributed by atoms with Crippen LogP contribution in [0.25, 0.3) is 11.3 Å². The van der Waals surface area contributed by atoms with Crippen molar-refractivity contribution in [2.45, 2.75) is 25.8 Å². The topological polar surface area (TPSA) is 163 Å². The second-order valence-corrected chi connectivity index (χ2v) is 12.6. The summed E-state index contributed by atoms with van der Waals surface area (Å²) >= 11 is 0. The molecule has 0 aliphatic heterocycles. The van der Waals surface area contributed by atoms with Gasteiger partial charge in [-0.15, -0.1) is 10.2 Å². The molecule has 0 atom stereocenters. The minimum absolute atomic E-state index is 0.0693. The highest BCUT2D eigenvalue weighted by molar-refractivity contribution is 7.69. The number of anilines is 4. The van der Waals surface area contributed by atoms with E-state index in [1.807, 2.05) is 29.8 Å². The molecule has 0 aromatic carbocycles. The Morgan fingerprint density at radius 3 is 2.50 bits per heavy atom. The predicted octanol–water partition coefficient (Wildman–Crippen LogP) is 3.62. The Hall–Kier alpha value is -4.31. The summed E-state index contributed by atoms with van der Waals surface area (Å²) in [5.41, 5.74) is 8.79. The fourth-order valence-corrected chi connectivity index (χ4v) is 5.18. The van der Waals surface area contributed by atoms with Crippen molar-refractivity contribution in [3.63, 3.8) is 0 Å². The molecule has 0 spiro atoms. The van der Waals surface area contributed by atoms with Gasteiger partial charge in [-0.1, -0.05) is 0 Å². The van der Waals surface area contributed by atoms with E-state index < -0.39 is 13.0 Å². The molecule has 12 nitrogen and oxygen atoms in total. The van der Waals surface area contributed by atoms with E-state index in [0.717, 1.165) is 23.8 Å². The van der Waals surface area contributed by atoms with Crippen LogP contribution in [0.2, 0.25) is 0 Å².